The lowest BCUT2D eigenvalue weighted by Crippen LogP contribution is -2.19. The van der Waals surface area contributed by atoms with Crippen LogP contribution in [0, 0.1) is 0 Å². The minimum absolute atomic E-state index is 0.103. The number of alkyl halides is 2. The molecule has 10 heavy (non-hydrogen) atoms. The van der Waals surface area contributed by atoms with Gasteiger partial charge in [0, 0.05) is 9.65 Å². The Morgan fingerprint density at radius 1 is 1.60 bits per heavy atom. The molecule has 0 rings (SSSR count). The van der Waals surface area contributed by atoms with E-state index >= 15 is 0 Å². The SMILES string of the molecule is CC([O])CCC(C)(Br)CBr. The number of halogens is 2. The molecule has 0 aliphatic carbocycles. The van der Waals surface area contributed by atoms with Crippen LogP contribution in [0.4, 0.5) is 0 Å². The third-order valence-corrected chi connectivity index (χ3v) is 4.02. The van der Waals surface area contributed by atoms with Crippen LogP contribution in [0.15, 0.2) is 0 Å². The third kappa shape index (κ3) is 5.69. The summed E-state index contributed by atoms with van der Waals surface area (Å²) in [6, 6.07) is 0. The van der Waals surface area contributed by atoms with Crippen LogP contribution in [0.2, 0.25) is 0 Å². The fraction of sp³-hybridized carbons (Fsp3) is 1.00. The molecule has 1 radical (unpaired) electrons. The summed E-state index contributed by atoms with van der Waals surface area (Å²) in [5.41, 5.74) is 0. The van der Waals surface area contributed by atoms with E-state index in [1.54, 1.807) is 6.92 Å². The van der Waals surface area contributed by atoms with Gasteiger partial charge < -0.3 is 0 Å². The molecule has 0 aromatic carbocycles. The van der Waals surface area contributed by atoms with Crippen molar-refractivity contribution in [1.29, 1.82) is 0 Å². The Bertz CT molecular complexity index is 91.6. The monoisotopic (exact) mass is 271 g/mol. The third-order valence-electron chi connectivity index (χ3n) is 1.35. The van der Waals surface area contributed by atoms with E-state index in [4.69, 9.17) is 0 Å². The first kappa shape index (κ1) is 10.9. The van der Waals surface area contributed by atoms with Gasteiger partial charge >= 0.3 is 0 Å². The first-order valence-electron chi connectivity index (χ1n) is 3.38. The highest BCUT2D eigenvalue weighted by Gasteiger charge is 2.18. The molecule has 0 aliphatic rings. The molecule has 0 aromatic rings. The minimum Gasteiger partial charge on any atom is -0.233 e. The molecule has 0 aromatic heterocycles. The van der Waals surface area contributed by atoms with Crippen LogP contribution < -0.4 is 0 Å². The molecule has 0 spiro atoms. The van der Waals surface area contributed by atoms with Crippen LogP contribution in [-0.4, -0.2) is 15.8 Å². The normalized spacial score (nSPS) is 20.1. The molecule has 0 amide bonds. The van der Waals surface area contributed by atoms with Gasteiger partial charge in [-0.05, 0) is 26.7 Å². The molecule has 0 bridgehead atoms. The summed E-state index contributed by atoms with van der Waals surface area (Å²) in [6.07, 6.45) is 1.24. The average Bonchev–Trinajstić information content (AvgIpc) is 1.85. The van der Waals surface area contributed by atoms with Gasteiger partial charge in [0.25, 0.3) is 0 Å². The average molecular weight is 273 g/mol. The zero-order chi connectivity index (χ0) is 8.20. The standard InChI is InChI=1S/C7H13Br2O/c1-6(10)3-4-7(2,9)5-8/h6H,3-5H2,1-2H3. The molecule has 0 aliphatic heterocycles. The van der Waals surface area contributed by atoms with Crippen molar-refractivity contribution in [2.45, 2.75) is 37.1 Å². The van der Waals surface area contributed by atoms with Crippen molar-refractivity contribution in [3.8, 4) is 0 Å². The maximum Gasteiger partial charge on any atom is 0.0902 e. The summed E-state index contributed by atoms with van der Waals surface area (Å²) < 4.78 is 0.103. The fourth-order valence-electron chi connectivity index (χ4n) is 0.571. The van der Waals surface area contributed by atoms with E-state index in [-0.39, 0.29) is 4.32 Å². The van der Waals surface area contributed by atoms with Gasteiger partial charge in [0.2, 0.25) is 0 Å². The van der Waals surface area contributed by atoms with Gasteiger partial charge in [0.15, 0.2) is 0 Å². The number of rotatable bonds is 4. The lowest BCUT2D eigenvalue weighted by molar-refractivity contribution is 0.0940. The van der Waals surface area contributed by atoms with Crippen molar-refractivity contribution in [2.24, 2.45) is 0 Å². The molecule has 0 N–H and O–H groups in total. The first-order chi connectivity index (χ1) is 4.48. The second kappa shape index (κ2) is 4.73. The van der Waals surface area contributed by atoms with Gasteiger partial charge in [0.1, 0.15) is 0 Å². The summed E-state index contributed by atoms with van der Waals surface area (Å²) in [7, 11) is 0. The topological polar surface area (TPSA) is 19.9 Å². The maximum absolute atomic E-state index is 10.7. The Balaban J connectivity index is 3.46. The highest BCUT2D eigenvalue weighted by molar-refractivity contribution is 9.12. The van der Waals surface area contributed by atoms with Crippen molar-refractivity contribution >= 4 is 31.9 Å². The van der Waals surface area contributed by atoms with Gasteiger partial charge in [-0.15, -0.1) is 0 Å². The molecule has 61 valence electrons. The second-order valence-corrected chi connectivity index (χ2v) is 5.37. The van der Waals surface area contributed by atoms with Crippen LogP contribution in [0.3, 0.4) is 0 Å². The van der Waals surface area contributed by atoms with Gasteiger partial charge in [-0.3, -0.25) is 0 Å². The molecular weight excluding hydrogens is 260 g/mol. The maximum atomic E-state index is 10.7. The highest BCUT2D eigenvalue weighted by atomic mass is 79.9. The van der Waals surface area contributed by atoms with Gasteiger partial charge in [0.05, 0.1) is 6.10 Å². The quantitative estimate of drug-likeness (QED) is 0.701. The van der Waals surface area contributed by atoms with Gasteiger partial charge in [-0.2, -0.15) is 0 Å². The van der Waals surface area contributed by atoms with Gasteiger partial charge in [-0.1, -0.05) is 31.9 Å². The fourth-order valence-corrected chi connectivity index (χ4v) is 1.08. The Morgan fingerprint density at radius 3 is 2.40 bits per heavy atom. The largest absolute Gasteiger partial charge is 0.233 e. The molecule has 1 nitrogen and oxygen atoms in total. The predicted molar refractivity (Wildman–Crippen MR) is 50.5 cm³/mol. The predicted octanol–water partition coefficient (Wildman–Crippen LogP) is 3.13. The molecule has 2 unspecified atom stereocenters. The molecule has 0 saturated heterocycles. The van der Waals surface area contributed by atoms with Crippen molar-refractivity contribution in [3.05, 3.63) is 0 Å². The van der Waals surface area contributed by atoms with Crippen LogP contribution in [0.1, 0.15) is 26.7 Å². The Labute approximate surface area is 79.5 Å². The lowest BCUT2D eigenvalue weighted by atomic mass is 10.1. The summed E-state index contributed by atoms with van der Waals surface area (Å²) in [4.78, 5) is 0. The molecule has 0 fully saturated rings. The summed E-state index contributed by atoms with van der Waals surface area (Å²) in [6.45, 7) is 3.79. The Hall–Kier alpha value is 0.920. The highest BCUT2D eigenvalue weighted by Crippen LogP contribution is 2.26. The van der Waals surface area contributed by atoms with E-state index in [1.165, 1.54) is 0 Å². The van der Waals surface area contributed by atoms with Crippen molar-refractivity contribution < 1.29 is 5.11 Å². The lowest BCUT2D eigenvalue weighted by Gasteiger charge is -2.19. The first-order valence-corrected chi connectivity index (χ1v) is 5.30. The molecule has 2 atom stereocenters. The Kier molecular flexibility index (Phi) is 5.16. The Morgan fingerprint density at radius 2 is 2.10 bits per heavy atom. The zero-order valence-corrected chi connectivity index (χ0v) is 9.53. The van der Waals surface area contributed by atoms with Crippen molar-refractivity contribution in [3.63, 3.8) is 0 Å². The van der Waals surface area contributed by atoms with Crippen LogP contribution >= 0.6 is 31.9 Å². The van der Waals surface area contributed by atoms with Crippen LogP contribution in [0.25, 0.3) is 0 Å². The minimum atomic E-state index is -0.434. The van der Waals surface area contributed by atoms with Crippen LogP contribution in [-0.2, 0) is 5.11 Å². The van der Waals surface area contributed by atoms with Crippen LogP contribution in [0.5, 0.6) is 0 Å². The van der Waals surface area contributed by atoms with E-state index in [1.807, 2.05) is 0 Å². The van der Waals surface area contributed by atoms with E-state index in [2.05, 4.69) is 38.8 Å². The summed E-state index contributed by atoms with van der Waals surface area (Å²) in [5, 5.41) is 11.5. The molecule has 3 heteroatoms. The van der Waals surface area contributed by atoms with E-state index in [0.717, 1.165) is 18.2 Å². The molecule has 0 heterocycles. The van der Waals surface area contributed by atoms with Crippen molar-refractivity contribution in [1.82, 2.24) is 0 Å². The summed E-state index contributed by atoms with van der Waals surface area (Å²) >= 11 is 6.90. The van der Waals surface area contributed by atoms with E-state index in [0.29, 0.717) is 0 Å². The van der Waals surface area contributed by atoms with E-state index < -0.39 is 6.10 Å². The molecular formula is C7H13Br2O. The summed E-state index contributed by atoms with van der Waals surface area (Å²) in [5.74, 6) is 0. The number of hydrogen-bond acceptors (Lipinski definition) is 0. The zero-order valence-electron chi connectivity index (χ0n) is 6.36. The van der Waals surface area contributed by atoms with Gasteiger partial charge in [-0.25, -0.2) is 5.11 Å². The molecule has 0 saturated carbocycles. The van der Waals surface area contributed by atoms with E-state index in [9.17, 15) is 5.11 Å². The number of hydrogen-bond donors (Lipinski definition) is 0. The smallest absolute Gasteiger partial charge is 0.0902 e. The van der Waals surface area contributed by atoms with Crippen molar-refractivity contribution in [2.75, 3.05) is 5.33 Å². The second-order valence-electron chi connectivity index (χ2n) is 2.90.